The van der Waals surface area contributed by atoms with Gasteiger partial charge in [0.1, 0.15) is 11.9 Å². The van der Waals surface area contributed by atoms with E-state index in [1.807, 2.05) is 19.1 Å². The molecule has 4 aromatic rings. The van der Waals surface area contributed by atoms with Crippen molar-refractivity contribution in [1.82, 2.24) is 24.7 Å². The van der Waals surface area contributed by atoms with E-state index in [1.54, 1.807) is 43.5 Å². The standard InChI is InChI=1S/C23H24N8O3/c1-3-34-18-13-15(7-10-17(18)33-2)19(28-16-8-5-14(6-9-16)20(24)25)21-29-23(32)31(30-21)22-26-11-4-12-27-22/h4-13,19,28H,3H2,1-2H3,(H3,24,25)(H,29,30,32). The van der Waals surface area contributed by atoms with Gasteiger partial charge in [-0.25, -0.2) is 14.8 Å². The SMILES string of the molecule is CCOc1cc(C(Nc2ccc(C(=N)N)cc2)c2nn(-c3ncccn3)c(=O)[nH]2)ccc1OC. The lowest BCUT2D eigenvalue weighted by atomic mass is 10.0. The van der Waals surface area contributed by atoms with Gasteiger partial charge in [0.25, 0.3) is 5.95 Å². The van der Waals surface area contributed by atoms with E-state index < -0.39 is 11.7 Å². The summed E-state index contributed by atoms with van der Waals surface area (Å²) >= 11 is 0. The molecule has 34 heavy (non-hydrogen) atoms. The van der Waals surface area contributed by atoms with Gasteiger partial charge in [0.15, 0.2) is 17.3 Å². The number of hydrogen-bond donors (Lipinski definition) is 4. The summed E-state index contributed by atoms with van der Waals surface area (Å²) in [6.07, 6.45) is 3.07. The predicted octanol–water partition coefficient (Wildman–Crippen LogP) is 2.24. The van der Waals surface area contributed by atoms with Gasteiger partial charge in [0.05, 0.1) is 13.7 Å². The third-order valence-corrected chi connectivity index (χ3v) is 4.98. The maximum atomic E-state index is 12.7. The molecular weight excluding hydrogens is 436 g/mol. The molecule has 0 fully saturated rings. The number of aromatic amines is 1. The first kappa shape index (κ1) is 22.5. The summed E-state index contributed by atoms with van der Waals surface area (Å²) in [4.78, 5) is 23.7. The number of anilines is 1. The molecular formula is C23H24N8O3. The Morgan fingerprint density at radius 2 is 1.91 bits per heavy atom. The van der Waals surface area contributed by atoms with Crippen molar-refractivity contribution in [3.63, 3.8) is 0 Å². The van der Waals surface area contributed by atoms with Crippen molar-refractivity contribution in [2.45, 2.75) is 13.0 Å². The molecule has 0 saturated heterocycles. The maximum Gasteiger partial charge on any atom is 0.350 e. The Bertz CT molecular complexity index is 1330. The fourth-order valence-corrected chi connectivity index (χ4v) is 3.37. The van der Waals surface area contributed by atoms with Gasteiger partial charge in [-0.2, -0.15) is 0 Å². The van der Waals surface area contributed by atoms with Crippen LogP contribution in [0.25, 0.3) is 5.95 Å². The molecule has 0 bridgehead atoms. The lowest BCUT2D eigenvalue weighted by molar-refractivity contribution is 0.310. The minimum atomic E-state index is -0.564. The summed E-state index contributed by atoms with van der Waals surface area (Å²) in [7, 11) is 1.57. The van der Waals surface area contributed by atoms with E-state index in [4.69, 9.17) is 20.6 Å². The van der Waals surface area contributed by atoms with Crippen molar-refractivity contribution in [3.8, 4) is 17.4 Å². The van der Waals surface area contributed by atoms with Crippen molar-refractivity contribution in [2.24, 2.45) is 5.73 Å². The first-order chi connectivity index (χ1) is 16.5. The van der Waals surface area contributed by atoms with Crippen LogP contribution in [0.15, 0.2) is 65.7 Å². The number of amidine groups is 1. The first-order valence-electron chi connectivity index (χ1n) is 10.5. The molecule has 11 heteroatoms. The molecule has 174 valence electrons. The van der Waals surface area contributed by atoms with Crippen LogP contribution >= 0.6 is 0 Å². The van der Waals surface area contributed by atoms with Crippen molar-refractivity contribution in [2.75, 3.05) is 19.0 Å². The number of nitrogens with one attached hydrogen (secondary N) is 3. The van der Waals surface area contributed by atoms with Gasteiger partial charge < -0.3 is 20.5 Å². The molecule has 0 aliphatic carbocycles. The van der Waals surface area contributed by atoms with E-state index in [1.165, 1.54) is 12.4 Å². The second-order valence-electron chi connectivity index (χ2n) is 7.19. The molecule has 0 spiro atoms. The quantitative estimate of drug-likeness (QED) is 0.219. The Balaban J connectivity index is 1.78. The van der Waals surface area contributed by atoms with Crippen LogP contribution in [-0.2, 0) is 0 Å². The van der Waals surface area contributed by atoms with Crippen LogP contribution in [0.5, 0.6) is 11.5 Å². The number of rotatable bonds is 9. The lowest BCUT2D eigenvalue weighted by Gasteiger charge is -2.20. The molecule has 0 aliphatic heterocycles. The van der Waals surface area contributed by atoms with E-state index in [9.17, 15) is 4.79 Å². The van der Waals surface area contributed by atoms with Crippen LogP contribution in [0, 0.1) is 5.41 Å². The van der Waals surface area contributed by atoms with E-state index in [-0.39, 0.29) is 11.8 Å². The van der Waals surface area contributed by atoms with Crippen molar-refractivity contribution in [3.05, 3.63) is 88.4 Å². The Morgan fingerprint density at radius 3 is 2.56 bits per heavy atom. The number of methoxy groups -OCH3 is 1. The van der Waals surface area contributed by atoms with Gasteiger partial charge in [-0.05, 0) is 55.0 Å². The average Bonchev–Trinajstić information content (AvgIpc) is 3.24. The Hall–Kier alpha value is -4.67. The minimum absolute atomic E-state index is 0.0226. The number of H-pyrrole nitrogens is 1. The molecule has 2 aromatic carbocycles. The topological polar surface area (TPSA) is 157 Å². The third-order valence-electron chi connectivity index (χ3n) is 4.98. The second-order valence-corrected chi connectivity index (χ2v) is 7.19. The number of nitrogen functional groups attached to an aromatic ring is 1. The molecule has 0 aliphatic rings. The maximum absolute atomic E-state index is 12.7. The zero-order valence-corrected chi connectivity index (χ0v) is 18.6. The summed E-state index contributed by atoms with van der Waals surface area (Å²) in [5.41, 5.74) is 7.20. The highest BCUT2D eigenvalue weighted by molar-refractivity contribution is 5.95. The van der Waals surface area contributed by atoms with Crippen molar-refractivity contribution in [1.29, 1.82) is 5.41 Å². The highest BCUT2D eigenvalue weighted by atomic mass is 16.5. The average molecular weight is 460 g/mol. The number of nitrogens with two attached hydrogens (primary N) is 1. The third kappa shape index (κ3) is 4.72. The Kier molecular flexibility index (Phi) is 6.53. The lowest BCUT2D eigenvalue weighted by Crippen LogP contribution is -2.18. The molecule has 11 nitrogen and oxygen atoms in total. The van der Waals surface area contributed by atoms with Gasteiger partial charge in [-0.3, -0.25) is 10.4 Å². The summed E-state index contributed by atoms with van der Waals surface area (Å²) in [6.45, 7) is 2.35. The van der Waals surface area contributed by atoms with Crippen LogP contribution in [0.2, 0.25) is 0 Å². The second kappa shape index (κ2) is 9.86. The monoisotopic (exact) mass is 460 g/mol. The highest BCUT2D eigenvalue weighted by Gasteiger charge is 2.22. The predicted molar refractivity (Wildman–Crippen MR) is 127 cm³/mol. The number of benzene rings is 2. The number of nitrogens with zero attached hydrogens (tertiary/aromatic N) is 4. The smallest absolute Gasteiger partial charge is 0.350 e. The van der Waals surface area contributed by atoms with Crippen LogP contribution in [-0.4, -0.2) is 44.3 Å². The van der Waals surface area contributed by atoms with Gasteiger partial charge in [0, 0.05) is 23.6 Å². The van der Waals surface area contributed by atoms with E-state index >= 15 is 0 Å². The molecule has 1 atom stereocenters. The molecule has 2 heterocycles. The minimum Gasteiger partial charge on any atom is -0.493 e. The number of hydrogen-bond acceptors (Lipinski definition) is 8. The summed E-state index contributed by atoms with van der Waals surface area (Å²) in [5.74, 6) is 1.64. The summed E-state index contributed by atoms with van der Waals surface area (Å²) in [5, 5.41) is 15.4. The molecule has 0 saturated carbocycles. The van der Waals surface area contributed by atoms with Crippen LogP contribution < -0.4 is 26.2 Å². The Labute approximate surface area is 195 Å². The van der Waals surface area contributed by atoms with Crippen LogP contribution in [0.1, 0.15) is 29.9 Å². The molecule has 4 rings (SSSR count). The first-order valence-corrected chi connectivity index (χ1v) is 10.5. The fourth-order valence-electron chi connectivity index (χ4n) is 3.37. The fraction of sp³-hybridized carbons (Fsp3) is 0.174. The largest absolute Gasteiger partial charge is 0.493 e. The summed E-state index contributed by atoms with van der Waals surface area (Å²) in [6, 6.07) is 13.7. The Morgan fingerprint density at radius 1 is 1.18 bits per heavy atom. The van der Waals surface area contributed by atoms with Crippen molar-refractivity contribution < 1.29 is 9.47 Å². The molecule has 1 unspecified atom stereocenters. The number of aromatic nitrogens is 5. The van der Waals surface area contributed by atoms with Gasteiger partial charge in [-0.1, -0.05) is 6.07 Å². The van der Waals surface area contributed by atoms with Crippen LogP contribution in [0.4, 0.5) is 5.69 Å². The zero-order chi connectivity index (χ0) is 24.1. The zero-order valence-electron chi connectivity index (χ0n) is 18.6. The number of ether oxygens (including phenoxy) is 2. The van der Waals surface area contributed by atoms with Gasteiger partial charge >= 0.3 is 5.69 Å². The molecule has 5 N–H and O–H groups in total. The van der Waals surface area contributed by atoms with Crippen LogP contribution in [0.3, 0.4) is 0 Å². The van der Waals surface area contributed by atoms with E-state index in [2.05, 4.69) is 25.4 Å². The van der Waals surface area contributed by atoms with Gasteiger partial charge in [0.2, 0.25) is 0 Å². The molecule has 2 aromatic heterocycles. The molecule has 0 amide bonds. The van der Waals surface area contributed by atoms with E-state index in [0.717, 1.165) is 15.9 Å². The molecule has 0 radical (unpaired) electrons. The highest BCUT2D eigenvalue weighted by Crippen LogP contribution is 2.33. The van der Waals surface area contributed by atoms with Crippen molar-refractivity contribution >= 4 is 11.5 Å². The van der Waals surface area contributed by atoms with E-state index in [0.29, 0.717) is 29.5 Å². The normalized spacial score (nSPS) is 11.6. The summed E-state index contributed by atoms with van der Waals surface area (Å²) < 4.78 is 12.2. The van der Waals surface area contributed by atoms with Gasteiger partial charge in [-0.15, -0.1) is 9.78 Å².